The Bertz CT molecular complexity index is 656. The van der Waals surface area contributed by atoms with Gasteiger partial charge in [-0.05, 0) is 66.5 Å². The van der Waals surface area contributed by atoms with E-state index in [1.165, 1.54) is 5.56 Å². The van der Waals surface area contributed by atoms with Crippen LogP contribution in [-0.2, 0) is 0 Å². The van der Waals surface area contributed by atoms with Gasteiger partial charge < -0.3 is 15.4 Å². The van der Waals surface area contributed by atoms with Crippen LogP contribution < -0.4 is 15.4 Å². The maximum absolute atomic E-state index is 5.49. The predicted octanol–water partition coefficient (Wildman–Crippen LogP) is 5.53. The molecule has 0 aliphatic rings. The molecule has 2 aromatic rings. The van der Waals surface area contributed by atoms with Crippen LogP contribution in [0.2, 0.25) is 0 Å². The first-order chi connectivity index (χ1) is 11.5. The minimum absolute atomic E-state index is 0.159. The molecule has 0 aromatic heterocycles. The van der Waals surface area contributed by atoms with E-state index in [1.807, 2.05) is 36.4 Å². The fraction of sp³-hybridized carbons (Fsp3) is 0.316. The number of ether oxygens (including phenoxy) is 1. The molecule has 3 nitrogen and oxygen atoms in total. The molecule has 0 spiro atoms. The van der Waals surface area contributed by atoms with Gasteiger partial charge in [-0.3, -0.25) is 0 Å². The van der Waals surface area contributed by atoms with Crippen molar-refractivity contribution >= 4 is 38.9 Å². The fourth-order valence-electron chi connectivity index (χ4n) is 2.44. The summed E-state index contributed by atoms with van der Waals surface area (Å²) in [4.78, 5) is 0. The van der Waals surface area contributed by atoms with Crippen LogP contribution >= 0.6 is 28.1 Å². The number of methoxy groups -OCH3 is 1. The average molecular weight is 407 g/mol. The summed E-state index contributed by atoms with van der Waals surface area (Å²) in [6.07, 6.45) is 0.995. The van der Waals surface area contributed by atoms with E-state index in [1.54, 1.807) is 7.11 Å². The second-order valence-electron chi connectivity index (χ2n) is 6.06. The quantitative estimate of drug-likeness (QED) is 0.617. The number of anilines is 1. The molecule has 0 heterocycles. The second kappa shape index (κ2) is 9.04. The third kappa shape index (κ3) is 5.80. The van der Waals surface area contributed by atoms with Crippen molar-refractivity contribution in [1.29, 1.82) is 0 Å². The zero-order valence-corrected chi connectivity index (χ0v) is 16.6. The standard InChI is InChI=1S/C19H23BrN2OS/c1-13(2)12-18(14-4-10-17(23-3)11-5-14)22-19(24)21-16-8-6-15(20)7-9-16/h4-11,13,18H,12H2,1-3H3,(H2,21,22,24)/t18-/m1/s1. The van der Waals surface area contributed by atoms with Gasteiger partial charge in [-0.15, -0.1) is 0 Å². The van der Waals surface area contributed by atoms with Gasteiger partial charge in [-0.1, -0.05) is 41.9 Å². The van der Waals surface area contributed by atoms with E-state index in [2.05, 4.69) is 52.5 Å². The molecule has 0 amide bonds. The van der Waals surface area contributed by atoms with Gasteiger partial charge in [0.25, 0.3) is 0 Å². The van der Waals surface area contributed by atoms with Crippen molar-refractivity contribution in [3.8, 4) is 5.75 Å². The molecule has 2 rings (SSSR count). The monoisotopic (exact) mass is 406 g/mol. The van der Waals surface area contributed by atoms with E-state index >= 15 is 0 Å². The average Bonchev–Trinajstić information content (AvgIpc) is 2.56. The van der Waals surface area contributed by atoms with Gasteiger partial charge in [-0.25, -0.2) is 0 Å². The zero-order valence-electron chi connectivity index (χ0n) is 14.2. The van der Waals surface area contributed by atoms with Gasteiger partial charge in [0.1, 0.15) is 5.75 Å². The molecule has 0 saturated heterocycles. The molecule has 24 heavy (non-hydrogen) atoms. The molecular formula is C19H23BrN2OS. The third-order valence-corrected chi connectivity index (χ3v) is 4.38. The Hall–Kier alpha value is -1.59. The highest BCUT2D eigenvalue weighted by atomic mass is 79.9. The van der Waals surface area contributed by atoms with Gasteiger partial charge in [0.15, 0.2) is 5.11 Å². The lowest BCUT2D eigenvalue weighted by molar-refractivity contribution is 0.414. The summed E-state index contributed by atoms with van der Waals surface area (Å²) in [6.45, 7) is 4.42. The third-order valence-electron chi connectivity index (χ3n) is 3.63. The summed E-state index contributed by atoms with van der Waals surface area (Å²) in [5, 5.41) is 7.30. The van der Waals surface area contributed by atoms with Crippen LogP contribution in [0.5, 0.6) is 5.75 Å². The van der Waals surface area contributed by atoms with E-state index in [0.717, 1.165) is 22.3 Å². The maximum Gasteiger partial charge on any atom is 0.171 e. The molecule has 1 atom stereocenters. The van der Waals surface area contributed by atoms with Crippen LogP contribution in [0.25, 0.3) is 0 Å². The molecular weight excluding hydrogens is 384 g/mol. The fourth-order valence-corrected chi connectivity index (χ4v) is 2.97. The Balaban J connectivity index is 2.06. The van der Waals surface area contributed by atoms with Crippen molar-refractivity contribution in [3.05, 3.63) is 58.6 Å². The topological polar surface area (TPSA) is 33.3 Å². The van der Waals surface area contributed by atoms with Gasteiger partial charge >= 0.3 is 0 Å². The van der Waals surface area contributed by atoms with Crippen molar-refractivity contribution < 1.29 is 4.74 Å². The van der Waals surface area contributed by atoms with Gasteiger partial charge in [0.05, 0.1) is 13.2 Å². The Morgan fingerprint density at radius 1 is 1.08 bits per heavy atom. The molecule has 0 bridgehead atoms. The minimum Gasteiger partial charge on any atom is -0.497 e. The van der Waals surface area contributed by atoms with Crippen LogP contribution in [0.15, 0.2) is 53.0 Å². The minimum atomic E-state index is 0.159. The first-order valence-corrected chi connectivity index (χ1v) is 9.15. The Morgan fingerprint density at radius 3 is 2.25 bits per heavy atom. The first-order valence-electron chi connectivity index (χ1n) is 7.95. The van der Waals surface area contributed by atoms with Crippen molar-refractivity contribution in [2.45, 2.75) is 26.3 Å². The summed E-state index contributed by atoms with van der Waals surface area (Å²) < 4.78 is 6.28. The SMILES string of the molecule is COc1ccc([C@@H](CC(C)C)NC(=S)Nc2ccc(Br)cc2)cc1. The lowest BCUT2D eigenvalue weighted by Crippen LogP contribution is -2.33. The Morgan fingerprint density at radius 2 is 1.71 bits per heavy atom. The molecule has 0 aliphatic carbocycles. The lowest BCUT2D eigenvalue weighted by atomic mass is 9.97. The molecule has 5 heteroatoms. The highest BCUT2D eigenvalue weighted by Gasteiger charge is 2.15. The van der Waals surface area contributed by atoms with Crippen molar-refractivity contribution in [3.63, 3.8) is 0 Å². The number of hydrogen-bond acceptors (Lipinski definition) is 2. The number of rotatable bonds is 6. The number of halogens is 1. The molecule has 128 valence electrons. The molecule has 0 saturated carbocycles. The van der Waals surface area contributed by atoms with Crippen molar-refractivity contribution in [2.24, 2.45) is 5.92 Å². The van der Waals surface area contributed by atoms with E-state index in [-0.39, 0.29) is 6.04 Å². The number of nitrogens with one attached hydrogen (secondary N) is 2. The van der Waals surface area contributed by atoms with Gasteiger partial charge in [0.2, 0.25) is 0 Å². The maximum atomic E-state index is 5.49. The summed E-state index contributed by atoms with van der Waals surface area (Å²) in [7, 11) is 1.68. The molecule has 2 aromatic carbocycles. The van der Waals surface area contributed by atoms with E-state index in [4.69, 9.17) is 17.0 Å². The summed E-state index contributed by atoms with van der Waals surface area (Å²) in [5.41, 5.74) is 2.16. The highest BCUT2D eigenvalue weighted by Crippen LogP contribution is 2.24. The normalized spacial score (nSPS) is 11.9. The molecule has 0 fully saturated rings. The van der Waals surface area contributed by atoms with E-state index < -0.39 is 0 Å². The highest BCUT2D eigenvalue weighted by molar-refractivity contribution is 9.10. The largest absolute Gasteiger partial charge is 0.497 e. The van der Waals surface area contributed by atoms with Crippen LogP contribution in [0, 0.1) is 5.92 Å². The van der Waals surface area contributed by atoms with Crippen molar-refractivity contribution in [2.75, 3.05) is 12.4 Å². The lowest BCUT2D eigenvalue weighted by Gasteiger charge is -2.23. The van der Waals surface area contributed by atoms with E-state index in [0.29, 0.717) is 11.0 Å². The second-order valence-corrected chi connectivity index (χ2v) is 7.38. The van der Waals surface area contributed by atoms with Crippen LogP contribution in [0.4, 0.5) is 5.69 Å². The number of thiocarbonyl (C=S) groups is 1. The summed E-state index contributed by atoms with van der Waals surface area (Å²) >= 11 is 8.92. The van der Waals surface area contributed by atoms with Crippen LogP contribution in [0.3, 0.4) is 0 Å². The summed E-state index contributed by atoms with van der Waals surface area (Å²) in [6, 6.07) is 16.2. The Kier molecular flexibility index (Phi) is 7.06. The molecule has 2 N–H and O–H groups in total. The van der Waals surface area contributed by atoms with Gasteiger partial charge in [0, 0.05) is 10.2 Å². The number of benzene rings is 2. The predicted molar refractivity (Wildman–Crippen MR) is 109 cm³/mol. The molecule has 0 radical (unpaired) electrons. The number of hydrogen-bond donors (Lipinski definition) is 2. The first kappa shape index (κ1) is 18.7. The zero-order chi connectivity index (χ0) is 17.5. The van der Waals surface area contributed by atoms with Gasteiger partial charge in [-0.2, -0.15) is 0 Å². The molecule has 0 unspecified atom stereocenters. The van der Waals surface area contributed by atoms with Crippen molar-refractivity contribution in [1.82, 2.24) is 5.32 Å². The smallest absolute Gasteiger partial charge is 0.171 e. The molecule has 0 aliphatic heterocycles. The Labute approximate surface area is 157 Å². The van der Waals surface area contributed by atoms with E-state index in [9.17, 15) is 0 Å². The van der Waals surface area contributed by atoms with Crippen LogP contribution in [-0.4, -0.2) is 12.2 Å². The summed E-state index contributed by atoms with van der Waals surface area (Å²) in [5.74, 6) is 1.41. The van der Waals surface area contributed by atoms with Crippen LogP contribution in [0.1, 0.15) is 31.9 Å².